The first-order valence-electron chi connectivity index (χ1n) is 9.71. The minimum Gasteiger partial charge on any atom is -0.378 e. The van der Waals surface area contributed by atoms with Gasteiger partial charge in [0.1, 0.15) is 6.04 Å². The molecule has 0 aromatic heterocycles. The van der Waals surface area contributed by atoms with Gasteiger partial charge in [-0.3, -0.25) is 14.4 Å². The fourth-order valence-corrected chi connectivity index (χ4v) is 3.14. The van der Waals surface area contributed by atoms with Gasteiger partial charge >= 0.3 is 0 Å². The number of morpholine rings is 1. The molecular formula is C21H30N2O4. The highest BCUT2D eigenvalue weighted by Gasteiger charge is 2.27. The summed E-state index contributed by atoms with van der Waals surface area (Å²) in [6.45, 7) is 6.27. The average Bonchev–Trinajstić information content (AvgIpc) is 2.68. The number of ketones is 1. The Bertz CT molecular complexity index is 624. The van der Waals surface area contributed by atoms with Crippen molar-refractivity contribution in [3.05, 3.63) is 35.9 Å². The molecule has 1 aromatic carbocycles. The number of carbonyl (C=O) groups excluding carboxylic acids is 3. The predicted molar refractivity (Wildman–Crippen MR) is 103 cm³/mol. The number of nitrogens with one attached hydrogen (secondary N) is 1. The number of hydrogen-bond acceptors (Lipinski definition) is 4. The quantitative estimate of drug-likeness (QED) is 0.674. The Hall–Kier alpha value is -2.21. The van der Waals surface area contributed by atoms with Crippen LogP contribution >= 0.6 is 0 Å². The van der Waals surface area contributed by atoms with Gasteiger partial charge in [-0.15, -0.1) is 0 Å². The summed E-state index contributed by atoms with van der Waals surface area (Å²) in [7, 11) is 0. The molecule has 1 atom stereocenters. The summed E-state index contributed by atoms with van der Waals surface area (Å²) in [5.41, 5.74) is 0.665. The lowest BCUT2D eigenvalue weighted by atomic mass is 10.0. The highest BCUT2D eigenvalue weighted by Crippen LogP contribution is 2.11. The van der Waals surface area contributed by atoms with Gasteiger partial charge in [-0.2, -0.15) is 0 Å². The SMILES string of the molecule is CC(C)C[C@H](NC(=O)CCCC(=O)c1ccccc1)C(=O)N1CCOCC1. The largest absolute Gasteiger partial charge is 0.378 e. The van der Waals surface area contributed by atoms with Gasteiger partial charge in [0.25, 0.3) is 0 Å². The molecule has 1 heterocycles. The van der Waals surface area contributed by atoms with Crippen molar-refractivity contribution in [3.63, 3.8) is 0 Å². The van der Waals surface area contributed by atoms with Gasteiger partial charge in [-0.05, 0) is 18.8 Å². The predicted octanol–water partition coefficient (Wildman–Crippen LogP) is 2.43. The van der Waals surface area contributed by atoms with E-state index in [2.05, 4.69) is 5.32 Å². The molecule has 0 aliphatic carbocycles. The molecule has 2 amide bonds. The van der Waals surface area contributed by atoms with Crippen LogP contribution in [0.5, 0.6) is 0 Å². The van der Waals surface area contributed by atoms with E-state index in [0.29, 0.717) is 57.0 Å². The lowest BCUT2D eigenvalue weighted by Gasteiger charge is -2.31. The maximum atomic E-state index is 12.7. The second-order valence-electron chi connectivity index (χ2n) is 7.33. The van der Waals surface area contributed by atoms with Crippen LogP contribution in [0.3, 0.4) is 0 Å². The van der Waals surface area contributed by atoms with E-state index in [9.17, 15) is 14.4 Å². The van der Waals surface area contributed by atoms with Crippen LogP contribution in [0.4, 0.5) is 0 Å². The Labute approximate surface area is 161 Å². The van der Waals surface area contributed by atoms with Crippen LogP contribution in [-0.2, 0) is 14.3 Å². The molecule has 6 heteroatoms. The molecule has 27 heavy (non-hydrogen) atoms. The summed E-state index contributed by atoms with van der Waals surface area (Å²) in [6.07, 6.45) is 1.64. The summed E-state index contributed by atoms with van der Waals surface area (Å²) >= 11 is 0. The van der Waals surface area contributed by atoms with Gasteiger partial charge in [0.2, 0.25) is 11.8 Å². The van der Waals surface area contributed by atoms with E-state index in [4.69, 9.17) is 4.74 Å². The number of benzene rings is 1. The Kier molecular flexibility index (Phi) is 8.45. The van der Waals surface area contributed by atoms with E-state index in [1.807, 2.05) is 32.0 Å². The van der Waals surface area contributed by atoms with Crippen LogP contribution < -0.4 is 5.32 Å². The number of carbonyl (C=O) groups is 3. The second kappa shape index (κ2) is 10.8. The van der Waals surface area contributed by atoms with Crippen molar-refractivity contribution in [1.82, 2.24) is 10.2 Å². The smallest absolute Gasteiger partial charge is 0.245 e. The van der Waals surface area contributed by atoms with E-state index >= 15 is 0 Å². The fourth-order valence-electron chi connectivity index (χ4n) is 3.14. The van der Waals surface area contributed by atoms with Crippen molar-refractivity contribution in [3.8, 4) is 0 Å². The minimum absolute atomic E-state index is 0.0338. The monoisotopic (exact) mass is 374 g/mol. The van der Waals surface area contributed by atoms with E-state index in [0.717, 1.165) is 0 Å². The Morgan fingerprint density at radius 1 is 1.07 bits per heavy atom. The Balaban J connectivity index is 1.82. The molecular weight excluding hydrogens is 344 g/mol. The highest BCUT2D eigenvalue weighted by molar-refractivity contribution is 5.96. The third-order valence-corrected chi connectivity index (χ3v) is 4.57. The summed E-state index contributed by atoms with van der Waals surface area (Å²) in [4.78, 5) is 38.9. The summed E-state index contributed by atoms with van der Waals surface area (Å²) in [5.74, 6) is 0.107. The van der Waals surface area contributed by atoms with Crippen LogP contribution in [-0.4, -0.2) is 54.8 Å². The van der Waals surface area contributed by atoms with E-state index < -0.39 is 6.04 Å². The normalized spacial score (nSPS) is 15.4. The van der Waals surface area contributed by atoms with Crippen molar-refractivity contribution in [1.29, 1.82) is 0 Å². The summed E-state index contributed by atoms with van der Waals surface area (Å²) < 4.78 is 5.29. The van der Waals surface area contributed by atoms with E-state index in [1.54, 1.807) is 17.0 Å². The topological polar surface area (TPSA) is 75.7 Å². The lowest BCUT2D eigenvalue weighted by Crippen LogP contribution is -2.52. The maximum Gasteiger partial charge on any atom is 0.245 e. The number of amides is 2. The van der Waals surface area contributed by atoms with Crippen LogP contribution in [0.25, 0.3) is 0 Å². The Morgan fingerprint density at radius 2 is 1.74 bits per heavy atom. The van der Waals surface area contributed by atoms with Crippen molar-refractivity contribution >= 4 is 17.6 Å². The molecule has 1 saturated heterocycles. The number of ether oxygens (including phenoxy) is 1. The van der Waals surface area contributed by atoms with Crippen molar-refractivity contribution < 1.29 is 19.1 Å². The molecule has 1 aromatic rings. The molecule has 1 aliphatic heterocycles. The maximum absolute atomic E-state index is 12.7. The molecule has 1 N–H and O–H groups in total. The molecule has 0 radical (unpaired) electrons. The summed E-state index contributed by atoms with van der Waals surface area (Å²) in [6, 6.07) is 8.57. The lowest BCUT2D eigenvalue weighted by molar-refractivity contribution is -0.140. The van der Waals surface area contributed by atoms with Crippen LogP contribution in [0, 0.1) is 5.92 Å². The van der Waals surface area contributed by atoms with Crippen molar-refractivity contribution in [2.75, 3.05) is 26.3 Å². The first-order chi connectivity index (χ1) is 13.0. The molecule has 0 unspecified atom stereocenters. The van der Waals surface area contributed by atoms with Crippen molar-refractivity contribution in [2.45, 2.75) is 45.6 Å². The molecule has 1 fully saturated rings. The van der Waals surface area contributed by atoms with Crippen LogP contribution in [0.15, 0.2) is 30.3 Å². The van der Waals surface area contributed by atoms with Gasteiger partial charge in [-0.1, -0.05) is 44.2 Å². The molecule has 1 aliphatic rings. The van der Waals surface area contributed by atoms with Gasteiger partial charge in [-0.25, -0.2) is 0 Å². The van der Waals surface area contributed by atoms with Crippen LogP contribution in [0.1, 0.15) is 49.9 Å². The number of hydrogen-bond donors (Lipinski definition) is 1. The van der Waals surface area contributed by atoms with Gasteiger partial charge in [0.05, 0.1) is 13.2 Å². The second-order valence-corrected chi connectivity index (χ2v) is 7.33. The molecule has 0 bridgehead atoms. The number of Topliss-reactive ketones (excluding diaryl/α,β-unsaturated/α-hetero) is 1. The third kappa shape index (κ3) is 7.13. The molecule has 148 valence electrons. The summed E-state index contributed by atoms with van der Waals surface area (Å²) in [5, 5.41) is 2.88. The number of nitrogens with zero attached hydrogens (tertiary/aromatic N) is 1. The first-order valence-corrected chi connectivity index (χ1v) is 9.71. The highest BCUT2D eigenvalue weighted by atomic mass is 16.5. The zero-order valence-corrected chi connectivity index (χ0v) is 16.3. The molecule has 2 rings (SSSR count). The first kappa shape index (κ1) is 21.1. The molecule has 0 spiro atoms. The fraction of sp³-hybridized carbons (Fsp3) is 0.571. The van der Waals surface area contributed by atoms with Gasteiger partial charge in [0.15, 0.2) is 5.78 Å². The molecule has 0 saturated carbocycles. The van der Waals surface area contributed by atoms with Gasteiger partial charge < -0.3 is 15.0 Å². The third-order valence-electron chi connectivity index (χ3n) is 4.57. The van der Waals surface area contributed by atoms with Gasteiger partial charge in [0, 0.05) is 31.5 Å². The number of rotatable bonds is 9. The van der Waals surface area contributed by atoms with Crippen LogP contribution in [0.2, 0.25) is 0 Å². The zero-order valence-electron chi connectivity index (χ0n) is 16.3. The molecule has 6 nitrogen and oxygen atoms in total. The van der Waals surface area contributed by atoms with E-state index in [1.165, 1.54) is 0 Å². The zero-order chi connectivity index (χ0) is 19.6. The standard InChI is InChI=1S/C21H30N2O4/c1-16(2)15-18(21(26)23-11-13-27-14-12-23)22-20(25)10-6-9-19(24)17-7-4-3-5-8-17/h3-5,7-8,16,18H,6,9-15H2,1-2H3,(H,22,25)/t18-/m0/s1. The Morgan fingerprint density at radius 3 is 2.37 bits per heavy atom. The minimum atomic E-state index is -0.513. The van der Waals surface area contributed by atoms with Crippen molar-refractivity contribution in [2.24, 2.45) is 5.92 Å². The van der Waals surface area contributed by atoms with E-state index in [-0.39, 0.29) is 24.0 Å². The average molecular weight is 374 g/mol.